The molecule has 0 aliphatic carbocycles. The van der Waals surface area contributed by atoms with Gasteiger partial charge in [0.25, 0.3) is 5.56 Å². The Morgan fingerprint density at radius 3 is 2.58 bits per heavy atom. The minimum absolute atomic E-state index is 0.00678. The monoisotopic (exact) mass is 509 g/mol. The average molecular weight is 510 g/mol. The van der Waals surface area contributed by atoms with Gasteiger partial charge in [0, 0.05) is 43.7 Å². The summed E-state index contributed by atoms with van der Waals surface area (Å²) >= 11 is 1.76. The number of hydrogen-bond donors (Lipinski definition) is 0. The lowest BCUT2D eigenvalue weighted by molar-refractivity contribution is -0.0604. The Balaban J connectivity index is 1.47. The summed E-state index contributed by atoms with van der Waals surface area (Å²) in [6.45, 7) is 8.38. The van der Waals surface area contributed by atoms with Crippen molar-refractivity contribution in [1.29, 1.82) is 0 Å². The minimum Gasteiger partial charge on any atom is -0.382 e. The molecule has 192 valence electrons. The molecule has 0 bridgehead atoms. The van der Waals surface area contributed by atoms with Gasteiger partial charge in [0.1, 0.15) is 11.9 Å². The van der Waals surface area contributed by atoms with Crippen LogP contribution in [-0.4, -0.2) is 61.9 Å². The van der Waals surface area contributed by atoms with Crippen LogP contribution in [0, 0.1) is 13.8 Å². The second-order valence-electron chi connectivity index (χ2n) is 9.66. The van der Waals surface area contributed by atoms with Crippen LogP contribution in [0.2, 0.25) is 0 Å². The second-order valence-corrected chi connectivity index (χ2v) is 10.5. The highest BCUT2D eigenvalue weighted by atomic mass is 32.2. The van der Waals surface area contributed by atoms with Crippen LogP contribution in [-0.2, 0) is 27.2 Å². The SMILES string of the molecule is COCC1CN(c2ccc3c(=O)n(CCc4c(C)cc(SC)cc4C)c(C4CCO4)nc3c2)CCO1. The van der Waals surface area contributed by atoms with Crippen molar-refractivity contribution in [2.45, 2.75) is 50.3 Å². The van der Waals surface area contributed by atoms with Crippen LogP contribution >= 0.6 is 11.8 Å². The van der Waals surface area contributed by atoms with Crippen molar-refractivity contribution in [3.05, 3.63) is 63.2 Å². The highest BCUT2D eigenvalue weighted by Crippen LogP contribution is 2.30. The molecule has 3 aromatic rings. The standard InChI is InChI=1S/C28H35N3O4S/c1-18-13-22(36-4)14-19(2)23(18)7-9-31-27(26-8-11-35-26)29-25-15-20(5-6-24(25)28(31)32)30-10-12-34-21(16-30)17-33-3/h5-6,13-15,21,26H,7-12,16-17H2,1-4H3. The Morgan fingerprint density at radius 1 is 1.14 bits per heavy atom. The van der Waals surface area contributed by atoms with E-state index in [9.17, 15) is 4.79 Å². The summed E-state index contributed by atoms with van der Waals surface area (Å²) in [5.74, 6) is 0.742. The summed E-state index contributed by atoms with van der Waals surface area (Å²) in [6, 6.07) is 10.4. The molecule has 2 aromatic carbocycles. The van der Waals surface area contributed by atoms with E-state index in [1.807, 2.05) is 22.8 Å². The molecule has 2 aliphatic rings. The summed E-state index contributed by atoms with van der Waals surface area (Å²) in [6.07, 6.45) is 3.69. The van der Waals surface area contributed by atoms with E-state index in [0.29, 0.717) is 31.8 Å². The minimum atomic E-state index is -0.124. The van der Waals surface area contributed by atoms with Crippen molar-refractivity contribution in [1.82, 2.24) is 9.55 Å². The highest BCUT2D eigenvalue weighted by molar-refractivity contribution is 7.98. The molecule has 2 saturated heterocycles. The fourth-order valence-electron chi connectivity index (χ4n) is 5.25. The molecule has 2 fully saturated rings. The molecule has 36 heavy (non-hydrogen) atoms. The first-order chi connectivity index (χ1) is 17.5. The van der Waals surface area contributed by atoms with Gasteiger partial charge in [0.2, 0.25) is 0 Å². The van der Waals surface area contributed by atoms with Gasteiger partial charge in [-0.2, -0.15) is 0 Å². The smallest absolute Gasteiger partial charge is 0.261 e. The van der Waals surface area contributed by atoms with Crippen LogP contribution in [0.15, 0.2) is 40.0 Å². The summed E-state index contributed by atoms with van der Waals surface area (Å²) in [4.78, 5) is 22.3. The lowest BCUT2D eigenvalue weighted by atomic mass is 10.00. The van der Waals surface area contributed by atoms with Crippen molar-refractivity contribution in [3.8, 4) is 0 Å². The van der Waals surface area contributed by atoms with Crippen molar-refractivity contribution >= 4 is 28.4 Å². The molecule has 0 radical (unpaired) electrons. The molecule has 2 atom stereocenters. The maximum Gasteiger partial charge on any atom is 0.261 e. The zero-order valence-corrected chi connectivity index (χ0v) is 22.4. The van der Waals surface area contributed by atoms with Crippen LogP contribution in [0.3, 0.4) is 0 Å². The van der Waals surface area contributed by atoms with E-state index in [1.54, 1.807) is 18.9 Å². The largest absolute Gasteiger partial charge is 0.382 e. The van der Waals surface area contributed by atoms with E-state index >= 15 is 0 Å². The predicted molar refractivity (Wildman–Crippen MR) is 145 cm³/mol. The normalized spacial score (nSPS) is 20.1. The number of rotatable bonds is 8. The molecular weight excluding hydrogens is 474 g/mol. The number of thioether (sulfide) groups is 1. The quantitative estimate of drug-likeness (QED) is 0.420. The fourth-order valence-corrected chi connectivity index (χ4v) is 5.84. The molecule has 2 aliphatic heterocycles. The third-order valence-electron chi connectivity index (χ3n) is 7.30. The first kappa shape index (κ1) is 25.3. The Hall–Kier alpha value is -2.39. The zero-order chi connectivity index (χ0) is 25.2. The second kappa shape index (κ2) is 10.9. The number of fused-ring (bicyclic) bond motifs is 1. The number of ether oxygens (including phenoxy) is 3. The topological polar surface area (TPSA) is 65.8 Å². The van der Waals surface area contributed by atoms with Crippen LogP contribution in [0.1, 0.15) is 35.0 Å². The Bertz CT molecular complexity index is 1280. The van der Waals surface area contributed by atoms with Crippen LogP contribution in [0.5, 0.6) is 0 Å². The number of anilines is 1. The molecular formula is C28H35N3O4S. The number of hydrogen-bond acceptors (Lipinski definition) is 7. The van der Waals surface area contributed by atoms with Gasteiger partial charge in [-0.25, -0.2) is 4.98 Å². The molecule has 7 nitrogen and oxygen atoms in total. The molecule has 0 amide bonds. The number of morpholine rings is 1. The van der Waals surface area contributed by atoms with Crippen molar-refractivity contribution in [2.24, 2.45) is 0 Å². The van der Waals surface area contributed by atoms with Gasteiger partial charge in [-0.3, -0.25) is 9.36 Å². The van der Waals surface area contributed by atoms with Gasteiger partial charge < -0.3 is 19.1 Å². The molecule has 2 unspecified atom stereocenters. The molecule has 1 aromatic heterocycles. The molecule has 0 spiro atoms. The van der Waals surface area contributed by atoms with Crippen LogP contribution in [0.4, 0.5) is 5.69 Å². The van der Waals surface area contributed by atoms with Gasteiger partial charge in [-0.15, -0.1) is 11.8 Å². The molecule has 3 heterocycles. The number of nitrogens with zero attached hydrogens (tertiary/aromatic N) is 3. The van der Waals surface area contributed by atoms with Gasteiger partial charge in [0.15, 0.2) is 0 Å². The van der Waals surface area contributed by atoms with Crippen molar-refractivity contribution in [3.63, 3.8) is 0 Å². The van der Waals surface area contributed by atoms with E-state index in [-0.39, 0.29) is 17.8 Å². The number of methoxy groups -OCH3 is 1. The van der Waals surface area contributed by atoms with E-state index in [0.717, 1.165) is 43.0 Å². The summed E-state index contributed by atoms with van der Waals surface area (Å²) in [5, 5.41) is 0.648. The molecule has 8 heteroatoms. The first-order valence-corrected chi connectivity index (χ1v) is 13.9. The lowest BCUT2D eigenvalue weighted by Gasteiger charge is -2.34. The number of benzene rings is 2. The highest BCUT2D eigenvalue weighted by Gasteiger charge is 2.27. The van der Waals surface area contributed by atoms with Gasteiger partial charge >= 0.3 is 0 Å². The number of aryl methyl sites for hydroxylation is 2. The van der Waals surface area contributed by atoms with Crippen molar-refractivity contribution < 1.29 is 14.2 Å². The maximum absolute atomic E-state index is 13.7. The fraction of sp³-hybridized carbons (Fsp3) is 0.500. The lowest BCUT2D eigenvalue weighted by Crippen LogP contribution is -2.44. The molecule has 0 saturated carbocycles. The van der Waals surface area contributed by atoms with Gasteiger partial charge in [-0.05, 0) is 73.5 Å². The summed E-state index contributed by atoms with van der Waals surface area (Å²) < 4.78 is 18.7. The van der Waals surface area contributed by atoms with E-state index in [2.05, 4.69) is 37.1 Å². The summed E-state index contributed by atoms with van der Waals surface area (Å²) in [5.41, 5.74) is 5.62. The molecule has 5 rings (SSSR count). The third-order valence-corrected chi connectivity index (χ3v) is 8.01. The molecule has 0 N–H and O–H groups in total. The average Bonchev–Trinajstić information content (AvgIpc) is 2.84. The Labute approximate surface area is 216 Å². The maximum atomic E-state index is 13.7. The predicted octanol–water partition coefficient (Wildman–Crippen LogP) is 4.29. The van der Waals surface area contributed by atoms with E-state index in [4.69, 9.17) is 19.2 Å². The number of aromatic nitrogens is 2. The summed E-state index contributed by atoms with van der Waals surface area (Å²) in [7, 11) is 1.69. The van der Waals surface area contributed by atoms with Crippen LogP contribution in [0.25, 0.3) is 10.9 Å². The van der Waals surface area contributed by atoms with Gasteiger partial charge in [-0.1, -0.05) is 0 Å². The third kappa shape index (κ3) is 5.05. The first-order valence-electron chi connectivity index (χ1n) is 12.6. The Morgan fingerprint density at radius 2 is 1.92 bits per heavy atom. The van der Waals surface area contributed by atoms with Crippen molar-refractivity contribution in [2.75, 3.05) is 51.2 Å². The Kier molecular flexibility index (Phi) is 7.67. The van der Waals surface area contributed by atoms with E-state index < -0.39 is 0 Å². The van der Waals surface area contributed by atoms with Crippen LogP contribution < -0.4 is 10.5 Å². The zero-order valence-electron chi connectivity index (χ0n) is 21.6. The van der Waals surface area contributed by atoms with E-state index in [1.165, 1.54) is 21.6 Å². The van der Waals surface area contributed by atoms with Gasteiger partial charge in [0.05, 0.1) is 36.8 Å².